The molecule has 144 valence electrons. The fraction of sp³-hybridized carbons (Fsp3) is 0.263. The van der Waals surface area contributed by atoms with Crippen molar-refractivity contribution in [1.82, 2.24) is 0 Å². The van der Waals surface area contributed by atoms with E-state index in [1.54, 1.807) is 44.2 Å². The minimum atomic E-state index is -4.31. The van der Waals surface area contributed by atoms with Gasteiger partial charge in [-0.1, -0.05) is 82.8 Å². The molecule has 0 fully saturated rings. The van der Waals surface area contributed by atoms with Gasteiger partial charge in [0.25, 0.3) is 7.14 Å². The summed E-state index contributed by atoms with van der Waals surface area (Å²) in [7, 11) is -4.31. The molecule has 8 heteroatoms. The van der Waals surface area contributed by atoms with Gasteiger partial charge in [-0.05, 0) is 31.9 Å². The number of carbonyl (C=O) groups excluding carboxylic acids is 2. The van der Waals surface area contributed by atoms with Crippen molar-refractivity contribution in [2.75, 3.05) is 6.61 Å². The van der Waals surface area contributed by atoms with Crippen molar-refractivity contribution >= 4 is 58.5 Å². The third-order valence-corrected chi connectivity index (χ3v) is 6.70. The highest BCUT2D eigenvalue weighted by Gasteiger charge is 2.45. The van der Waals surface area contributed by atoms with Crippen LogP contribution in [-0.2, 0) is 9.30 Å². The highest BCUT2D eigenvalue weighted by Crippen LogP contribution is 2.51. The van der Waals surface area contributed by atoms with Crippen LogP contribution in [0.2, 0.25) is 0 Å². The number of benzene rings is 2. The number of carbonyl (C=O) groups is 2. The van der Waals surface area contributed by atoms with Gasteiger partial charge in [-0.2, -0.15) is 0 Å². The van der Waals surface area contributed by atoms with Gasteiger partial charge in [0.05, 0.1) is 0 Å². The van der Waals surface area contributed by atoms with Crippen molar-refractivity contribution in [2.45, 2.75) is 24.6 Å². The third kappa shape index (κ3) is 4.94. The molecule has 0 spiro atoms. The van der Waals surface area contributed by atoms with Crippen LogP contribution in [0, 0.1) is 20.8 Å². The predicted octanol–water partition coefficient (Wildman–Crippen LogP) is 5.95. The van der Waals surface area contributed by atoms with E-state index in [1.165, 1.54) is 12.1 Å². The summed E-state index contributed by atoms with van der Waals surface area (Å²) < 4.78 is 16.8. The van der Waals surface area contributed by atoms with Gasteiger partial charge >= 0.3 is 5.71 Å². The summed E-state index contributed by atoms with van der Waals surface area (Å²) in [6, 6.07) is 11.4. The zero-order valence-electron chi connectivity index (χ0n) is 15.0. The molecule has 0 saturated carbocycles. The molecular formula is C19H18Cl3O4P. The highest BCUT2D eigenvalue weighted by atomic mass is 35.6. The van der Waals surface area contributed by atoms with Gasteiger partial charge in [-0.3, -0.25) is 9.36 Å². The van der Waals surface area contributed by atoms with E-state index >= 15 is 0 Å². The SMILES string of the molecule is Cc1cc(C)c(C(=O)P(=O)(C(=O)OCC(Cl)(Cl)Cl)c2ccccc2)c(C)c1. The van der Waals surface area contributed by atoms with Crippen molar-refractivity contribution < 1.29 is 18.9 Å². The molecule has 0 heterocycles. The molecule has 0 saturated heterocycles. The number of ether oxygens (including phenoxy) is 1. The largest absolute Gasteiger partial charge is 0.455 e. The van der Waals surface area contributed by atoms with Crippen LogP contribution in [0.4, 0.5) is 4.79 Å². The lowest BCUT2D eigenvalue weighted by atomic mass is 10.0. The van der Waals surface area contributed by atoms with Gasteiger partial charge in [0.2, 0.25) is 9.32 Å². The number of hydrogen-bond donors (Lipinski definition) is 0. The smallest absolute Gasteiger partial charge is 0.376 e. The molecule has 4 nitrogen and oxygen atoms in total. The standard InChI is InChI=1S/C19H18Cl3O4P/c1-12-9-13(2)16(14(3)10-12)17(23)27(25,15-7-5-4-6-8-15)18(24)26-11-19(20,21)22/h4-10H,11H2,1-3H3. The molecule has 27 heavy (non-hydrogen) atoms. The lowest BCUT2D eigenvalue weighted by Crippen LogP contribution is -2.25. The van der Waals surface area contributed by atoms with Crippen LogP contribution in [0.15, 0.2) is 42.5 Å². The number of alkyl halides is 3. The first-order valence-corrected chi connectivity index (χ1v) is 10.8. The van der Waals surface area contributed by atoms with E-state index in [0.717, 1.165) is 5.56 Å². The third-order valence-electron chi connectivity index (χ3n) is 3.91. The van der Waals surface area contributed by atoms with Crippen molar-refractivity contribution in [3.05, 3.63) is 64.7 Å². The van der Waals surface area contributed by atoms with E-state index in [2.05, 4.69) is 0 Å². The summed E-state index contributed by atoms with van der Waals surface area (Å²) in [5, 5.41) is 0.0729. The predicted molar refractivity (Wildman–Crippen MR) is 110 cm³/mol. The van der Waals surface area contributed by atoms with Crippen molar-refractivity contribution in [3.8, 4) is 0 Å². The van der Waals surface area contributed by atoms with Crippen molar-refractivity contribution in [2.24, 2.45) is 0 Å². The van der Waals surface area contributed by atoms with Gasteiger partial charge < -0.3 is 4.74 Å². The monoisotopic (exact) mass is 446 g/mol. The summed E-state index contributed by atoms with van der Waals surface area (Å²) in [5.41, 5.74) is 0.446. The lowest BCUT2D eigenvalue weighted by molar-refractivity contribution is 0.107. The maximum atomic E-state index is 13.8. The molecule has 1 unspecified atom stereocenters. The fourth-order valence-corrected chi connectivity index (χ4v) is 5.13. The van der Waals surface area contributed by atoms with Crippen LogP contribution in [-0.4, -0.2) is 21.6 Å². The Morgan fingerprint density at radius 2 is 1.52 bits per heavy atom. The van der Waals surface area contributed by atoms with E-state index in [9.17, 15) is 14.2 Å². The molecule has 2 rings (SSSR count). The van der Waals surface area contributed by atoms with Crippen molar-refractivity contribution in [1.29, 1.82) is 0 Å². The first-order valence-electron chi connectivity index (χ1n) is 7.99. The average molecular weight is 448 g/mol. The van der Waals surface area contributed by atoms with Crippen LogP contribution in [0.1, 0.15) is 27.0 Å². The second-order valence-corrected chi connectivity index (χ2v) is 11.2. The number of aryl methyl sites for hydroxylation is 3. The maximum Gasteiger partial charge on any atom is 0.376 e. The average Bonchev–Trinajstić information content (AvgIpc) is 2.58. The Bertz CT molecular complexity index is 897. The number of rotatable bonds is 5. The Hall–Kier alpha value is -1.32. The van der Waals surface area contributed by atoms with E-state index in [1.807, 2.05) is 6.92 Å². The maximum absolute atomic E-state index is 13.8. The van der Waals surface area contributed by atoms with Gasteiger partial charge in [0, 0.05) is 10.9 Å². The first-order chi connectivity index (χ1) is 12.5. The molecule has 2 aromatic carbocycles. The molecule has 0 aromatic heterocycles. The molecule has 0 aliphatic rings. The van der Waals surface area contributed by atoms with Crippen LogP contribution < -0.4 is 5.30 Å². The van der Waals surface area contributed by atoms with E-state index in [0.29, 0.717) is 11.1 Å². The summed E-state index contributed by atoms with van der Waals surface area (Å²) in [5.74, 6) is 0. The molecular weight excluding hydrogens is 430 g/mol. The highest BCUT2D eigenvalue weighted by molar-refractivity contribution is 8.00. The summed E-state index contributed by atoms with van der Waals surface area (Å²) in [6.45, 7) is 4.73. The Labute approximate surface area is 173 Å². The Balaban J connectivity index is 2.59. The van der Waals surface area contributed by atoms with Crippen LogP contribution in [0.5, 0.6) is 0 Å². The van der Waals surface area contributed by atoms with E-state index < -0.39 is 28.8 Å². The molecule has 2 aromatic rings. The first kappa shape index (κ1) is 22.0. The Morgan fingerprint density at radius 3 is 2.00 bits per heavy atom. The topological polar surface area (TPSA) is 60.4 Å². The van der Waals surface area contributed by atoms with Gasteiger partial charge in [-0.25, -0.2) is 4.79 Å². The lowest BCUT2D eigenvalue weighted by Gasteiger charge is -2.20. The molecule has 0 aliphatic heterocycles. The zero-order chi connectivity index (χ0) is 20.4. The quantitative estimate of drug-likeness (QED) is 0.420. The second kappa shape index (κ2) is 8.36. The Kier molecular flexibility index (Phi) is 6.81. The Morgan fingerprint density at radius 1 is 1.00 bits per heavy atom. The summed E-state index contributed by atoms with van der Waals surface area (Å²) in [6.07, 6.45) is 0. The molecule has 1 atom stereocenters. The fourth-order valence-electron chi connectivity index (χ4n) is 2.85. The number of halogens is 3. The molecule has 0 radical (unpaired) electrons. The minimum absolute atomic E-state index is 0.0729. The van der Waals surface area contributed by atoms with Gasteiger partial charge in [-0.15, -0.1) is 0 Å². The van der Waals surface area contributed by atoms with Crippen LogP contribution in [0.25, 0.3) is 0 Å². The van der Waals surface area contributed by atoms with Crippen LogP contribution >= 0.6 is 41.9 Å². The minimum Gasteiger partial charge on any atom is -0.455 e. The van der Waals surface area contributed by atoms with Crippen LogP contribution in [0.3, 0.4) is 0 Å². The molecule has 0 N–H and O–H groups in total. The summed E-state index contributed by atoms with van der Waals surface area (Å²) >= 11 is 16.9. The second-order valence-electron chi connectivity index (χ2n) is 6.19. The molecule has 0 bridgehead atoms. The summed E-state index contributed by atoms with van der Waals surface area (Å²) in [4.78, 5) is 26.1. The van der Waals surface area contributed by atoms with Gasteiger partial charge in [0.1, 0.15) is 6.61 Å². The number of hydrogen-bond acceptors (Lipinski definition) is 4. The molecule has 0 amide bonds. The van der Waals surface area contributed by atoms with E-state index in [4.69, 9.17) is 39.5 Å². The van der Waals surface area contributed by atoms with Gasteiger partial charge in [0.15, 0.2) is 0 Å². The zero-order valence-corrected chi connectivity index (χ0v) is 18.1. The normalized spacial score (nSPS) is 13.7. The molecule has 0 aliphatic carbocycles. The van der Waals surface area contributed by atoms with E-state index in [-0.39, 0.29) is 10.9 Å². The van der Waals surface area contributed by atoms with Crippen molar-refractivity contribution in [3.63, 3.8) is 0 Å².